The van der Waals surface area contributed by atoms with Crippen molar-refractivity contribution in [1.82, 2.24) is 4.90 Å². The number of nitrogens with zero attached hydrogens (tertiary/aromatic N) is 1. The summed E-state index contributed by atoms with van der Waals surface area (Å²) >= 11 is 4.89. The highest BCUT2D eigenvalue weighted by molar-refractivity contribution is 7.80. The number of primary amides is 1. The molecule has 0 bridgehead atoms. The third-order valence-corrected chi connectivity index (χ3v) is 3.26. The van der Waals surface area contributed by atoms with Crippen LogP contribution in [0.3, 0.4) is 0 Å². The van der Waals surface area contributed by atoms with Crippen LogP contribution in [0, 0.1) is 0 Å². The fourth-order valence-electron chi connectivity index (χ4n) is 1.88. The third-order valence-electron chi connectivity index (χ3n) is 3.02. The minimum atomic E-state index is -0.313. The van der Waals surface area contributed by atoms with Crippen LogP contribution in [0.4, 0.5) is 0 Å². The van der Waals surface area contributed by atoms with E-state index in [1.54, 1.807) is 0 Å². The van der Waals surface area contributed by atoms with Crippen LogP contribution in [0.2, 0.25) is 0 Å². The molecule has 0 aliphatic heterocycles. The van der Waals surface area contributed by atoms with E-state index in [-0.39, 0.29) is 12.5 Å². The van der Waals surface area contributed by atoms with Crippen LogP contribution in [-0.4, -0.2) is 42.0 Å². The molecule has 0 aliphatic carbocycles. The van der Waals surface area contributed by atoms with E-state index in [1.807, 2.05) is 29.2 Å². The van der Waals surface area contributed by atoms with E-state index in [4.69, 9.17) is 28.4 Å². The summed E-state index contributed by atoms with van der Waals surface area (Å²) < 4.78 is 5.65. The Bertz CT molecular complexity index is 462. The molecule has 0 aliphatic rings. The minimum absolute atomic E-state index is 0.268. The van der Waals surface area contributed by atoms with Gasteiger partial charge in [0.1, 0.15) is 17.3 Å². The standard InChI is InChI=1S/C15H23N3O2S/c1-2-3-8-18(11-14(16)19)9-10-20-13-6-4-12(5-7-13)15(17)21/h4-7H,2-3,8-11H2,1H3,(H2,16,19)(H2,17,21). The maximum Gasteiger partial charge on any atom is 0.231 e. The molecule has 5 nitrogen and oxygen atoms in total. The number of benzene rings is 1. The van der Waals surface area contributed by atoms with Crippen molar-refractivity contribution in [1.29, 1.82) is 0 Å². The first-order valence-electron chi connectivity index (χ1n) is 7.06. The molecule has 0 atom stereocenters. The Morgan fingerprint density at radius 3 is 2.43 bits per heavy atom. The van der Waals surface area contributed by atoms with Crippen molar-refractivity contribution in [3.05, 3.63) is 29.8 Å². The van der Waals surface area contributed by atoms with Crippen LogP contribution < -0.4 is 16.2 Å². The van der Waals surface area contributed by atoms with Crippen LogP contribution in [0.5, 0.6) is 5.75 Å². The lowest BCUT2D eigenvalue weighted by Crippen LogP contribution is -2.37. The molecule has 21 heavy (non-hydrogen) atoms. The van der Waals surface area contributed by atoms with Crippen LogP contribution in [0.1, 0.15) is 25.3 Å². The summed E-state index contributed by atoms with van der Waals surface area (Å²) in [6.07, 6.45) is 2.12. The van der Waals surface area contributed by atoms with Crippen molar-refractivity contribution in [3.8, 4) is 5.75 Å². The van der Waals surface area contributed by atoms with Gasteiger partial charge in [-0.15, -0.1) is 0 Å². The molecule has 1 rings (SSSR count). The van der Waals surface area contributed by atoms with Crippen LogP contribution >= 0.6 is 12.2 Å². The number of thiocarbonyl (C=S) groups is 1. The highest BCUT2D eigenvalue weighted by atomic mass is 32.1. The summed E-state index contributed by atoms with van der Waals surface area (Å²) in [6, 6.07) is 7.32. The molecule has 116 valence electrons. The Balaban J connectivity index is 2.41. The summed E-state index contributed by atoms with van der Waals surface area (Å²) in [6.45, 7) is 4.40. The van der Waals surface area contributed by atoms with Gasteiger partial charge in [0.2, 0.25) is 5.91 Å². The van der Waals surface area contributed by atoms with Crippen molar-refractivity contribution in [2.45, 2.75) is 19.8 Å². The molecule has 1 amide bonds. The van der Waals surface area contributed by atoms with Crippen molar-refractivity contribution in [3.63, 3.8) is 0 Å². The Hall–Kier alpha value is -1.66. The van der Waals surface area contributed by atoms with Gasteiger partial charge in [0.15, 0.2) is 0 Å². The number of carbonyl (C=O) groups is 1. The van der Waals surface area contributed by atoms with Gasteiger partial charge in [-0.1, -0.05) is 25.6 Å². The zero-order chi connectivity index (χ0) is 15.7. The Morgan fingerprint density at radius 1 is 1.24 bits per heavy atom. The lowest BCUT2D eigenvalue weighted by Gasteiger charge is -2.20. The molecule has 0 unspecified atom stereocenters. The van der Waals surface area contributed by atoms with E-state index in [2.05, 4.69) is 6.92 Å². The fourth-order valence-corrected chi connectivity index (χ4v) is 2.02. The second-order valence-electron chi connectivity index (χ2n) is 4.83. The zero-order valence-electron chi connectivity index (χ0n) is 12.4. The largest absolute Gasteiger partial charge is 0.492 e. The number of amides is 1. The van der Waals surface area contributed by atoms with Gasteiger partial charge < -0.3 is 16.2 Å². The minimum Gasteiger partial charge on any atom is -0.492 e. The van der Waals surface area contributed by atoms with Gasteiger partial charge in [0.25, 0.3) is 0 Å². The second kappa shape index (κ2) is 9.31. The van der Waals surface area contributed by atoms with E-state index in [0.717, 1.165) is 30.7 Å². The lowest BCUT2D eigenvalue weighted by atomic mass is 10.2. The number of hydrogen-bond donors (Lipinski definition) is 2. The Kier molecular flexibility index (Phi) is 7.71. The number of carbonyl (C=O) groups excluding carboxylic acids is 1. The van der Waals surface area contributed by atoms with Gasteiger partial charge >= 0.3 is 0 Å². The van der Waals surface area contributed by atoms with E-state index in [9.17, 15) is 4.79 Å². The van der Waals surface area contributed by atoms with Crippen LogP contribution in [0.25, 0.3) is 0 Å². The average molecular weight is 309 g/mol. The van der Waals surface area contributed by atoms with Crippen molar-refractivity contribution < 1.29 is 9.53 Å². The summed E-state index contributed by atoms with van der Waals surface area (Å²) in [5.41, 5.74) is 11.6. The van der Waals surface area contributed by atoms with E-state index in [0.29, 0.717) is 18.1 Å². The Labute approximate surface area is 131 Å². The normalized spacial score (nSPS) is 10.6. The zero-order valence-corrected chi connectivity index (χ0v) is 13.2. The summed E-state index contributed by atoms with van der Waals surface area (Å²) in [5.74, 6) is 0.441. The van der Waals surface area contributed by atoms with Gasteiger partial charge in [0.05, 0.1) is 6.54 Å². The van der Waals surface area contributed by atoms with Crippen molar-refractivity contribution >= 4 is 23.1 Å². The summed E-state index contributed by atoms with van der Waals surface area (Å²) in [4.78, 5) is 13.4. The number of rotatable bonds is 10. The highest BCUT2D eigenvalue weighted by Crippen LogP contribution is 2.12. The maximum atomic E-state index is 11.0. The molecule has 4 N–H and O–H groups in total. The number of ether oxygens (including phenoxy) is 1. The number of hydrogen-bond acceptors (Lipinski definition) is 4. The highest BCUT2D eigenvalue weighted by Gasteiger charge is 2.08. The molecular weight excluding hydrogens is 286 g/mol. The first kappa shape index (κ1) is 17.4. The molecule has 1 aromatic carbocycles. The van der Waals surface area contributed by atoms with Gasteiger partial charge in [-0.05, 0) is 37.2 Å². The second-order valence-corrected chi connectivity index (χ2v) is 5.27. The molecule has 0 radical (unpaired) electrons. The number of nitrogens with two attached hydrogens (primary N) is 2. The fraction of sp³-hybridized carbons (Fsp3) is 0.467. The van der Waals surface area contributed by atoms with Gasteiger partial charge in [0, 0.05) is 12.1 Å². The molecule has 1 aromatic rings. The first-order valence-corrected chi connectivity index (χ1v) is 7.47. The quantitative estimate of drug-likeness (QED) is 0.636. The maximum absolute atomic E-state index is 11.0. The predicted molar refractivity (Wildman–Crippen MR) is 88.4 cm³/mol. The molecule has 0 saturated heterocycles. The topological polar surface area (TPSA) is 81.6 Å². The monoisotopic (exact) mass is 309 g/mol. The predicted octanol–water partition coefficient (Wildman–Crippen LogP) is 1.29. The molecule has 0 heterocycles. The number of unbranched alkanes of at least 4 members (excludes halogenated alkanes) is 1. The molecule has 0 saturated carbocycles. The van der Waals surface area contributed by atoms with Crippen molar-refractivity contribution in [2.24, 2.45) is 11.5 Å². The van der Waals surface area contributed by atoms with Crippen LogP contribution in [-0.2, 0) is 4.79 Å². The van der Waals surface area contributed by atoms with E-state index < -0.39 is 0 Å². The van der Waals surface area contributed by atoms with Crippen LogP contribution in [0.15, 0.2) is 24.3 Å². The van der Waals surface area contributed by atoms with Gasteiger partial charge in [-0.2, -0.15) is 0 Å². The summed E-state index contributed by atoms with van der Waals surface area (Å²) in [7, 11) is 0. The smallest absolute Gasteiger partial charge is 0.231 e. The molecule has 0 aromatic heterocycles. The SMILES string of the molecule is CCCCN(CCOc1ccc(C(N)=S)cc1)CC(N)=O. The van der Waals surface area contributed by atoms with E-state index in [1.165, 1.54) is 0 Å². The molecule has 6 heteroatoms. The Morgan fingerprint density at radius 2 is 1.90 bits per heavy atom. The first-order chi connectivity index (χ1) is 10.0. The molecule has 0 spiro atoms. The van der Waals surface area contributed by atoms with Crippen molar-refractivity contribution in [2.75, 3.05) is 26.2 Å². The molecular formula is C15H23N3O2S. The van der Waals surface area contributed by atoms with Gasteiger partial charge in [-0.3, -0.25) is 9.69 Å². The molecule has 0 fully saturated rings. The average Bonchev–Trinajstić information content (AvgIpc) is 2.44. The van der Waals surface area contributed by atoms with E-state index >= 15 is 0 Å². The summed E-state index contributed by atoms with van der Waals surface area (Å²) in [5, 5.41) is 0. The third kappa shape index (κ3) is 7.06. The van der Waals surface area contributed by atoms with Gasteiger partial charge in [-0.25, -0.2) is 0 Å². The lowest BCUT2D eigenvalue weighted by molar-refractivity contribution is -0.119.